The molecule has 0 amide bonds. The highest BCUT2D eigenvalue weighted by Gasteiger charge is 2.27. The predicted molar refractivity (Wildman–Crippen MR) is 57.8 cm³/mol. The Kier molecular flexibility index (Phi) is 3.03. The van der Waals surface area contributed by atoms with Crippen LogP contribution in [0.25, 0.3) is 0 Å². The molecule has 0 spiro atoms. The highest BCUT2D eigenvalue weighted by molar-refractivity contribution is 7.88. The molecule has 0 aliphatic heterocycles. The number of hydrogen-bond acceptors (Lipinski definition) is 3. The lowest BCUT2D eigenvalue weighted by molar-refractivity contribution is 0.182. The Morgan fingerprint density at radius 1 is 1.50 bits per heavy atom. The summed E-state index contributed by atoms with van der Waals surface area (Å²) in [5.41, 5.74) is 0. The van der Waals surface area contributed by atoms with E-state index < -0.39 is 21.9 Å². The van der Waals surface area contributed by atoms with Crippen molar-refractivity contribution in [1.29, 1.82) is 0 Å². The predicted octanol–water partition coefficient (Wildman–Crippen LogP) is 1.22. The van der Waals surface area contributed by atoms with Crippen LogP contribution in [-0.2, 0) is 14.8 Å². The Hall–Kier alpha value is -0.880. The summed E-state index contributed by atoms with van der Waals surface area (Å²) in [4.78, 5) is 0. The van der Waals surface area contributed by atoms with E-state index in [1.165, 1.54) is 12.2 Å². The lowest BCUT2D eigenvalue weighted by Crippen LogP contribution is -2.34. The first-order valence-electron chi connectivity index (χ1n) is 5.14. The third-order valence-corrected chi connectivity index (χ3v) is 3.02. The maximum atomic E-state index is 13.2. The van der Waals surface area contributed by atoms with Crippen LogP contribution in [-0.4, -0.2) is 26.8 Å². The van der Waals surface area contributed by atoms with Crippen molar-refractivity contribution in [2.24, 2.45) is 0 Å². The maximum Gasteiger partial charge on any atom is 0.209 e. The number of ether oxygens (including phenoxy) is 1. The highest BCUT2D eigenvalue weighted by atomic mass is 32.2. The summed E-state index contributed by atoms with van der Waals surface area (Å²) in [6.45, 7) is 0. The van der Waals surface area contributed by atoms with Crippen LogP contribution in [0.3, 0.4) is 0 Å². The van der Waals surface area contributed by atoms with Crippen LogP contribution in [0.4, 0.5) is 4.39 Å². The first kappa shape index (κ1) is 11.6. The zero-order valence-electron chi connectivity index (χ0n) is 8.94. The van der Waals surface area contributed by atoms with Gasteiger partial charge in [-0.05, 0) is 18.9 Å². The van der Waals surface area contributed by atoms with Gasteiger partial charge in [0.05, 0.1) is 12.4 Å². The Morgan fingerprint density at radius 3 is 2.75 bits per heavy atom. The van der Waals surface area contributed by atoms with E-state index in [2.05, 4.69) is 4.72 Å². The number of hydrogen-bond donors (Lipinski definition) is 1. The van der Waals surface area contributed by atoms with Gasteiger partial charge in [-0.2, -0.15) is 0 Å². The van der Waals surface area contributed by atoms with Crippen LogP contribution in [0.1, 0.15) is 19.3 Å². The largest absolute Gasteiger partial charge is 0.495 e. The second-order valence-corrected chi connectivity index (χ2v) is 5.96. The van der Waals surface area contributed by atoms with E-state index in [1.54, 1.807) is 0 Å². The Morgan fingerprint density at radius 2 is 2.19 bits per heavy atom. The van der Waals surface area contributed by atoms with Gasteiger partial charge in [-0.1, -0.05) is 0 Å². The van der Waals surface area contributed by atoms with Crippen LogP contribution < -0.4 is 4.72 Å². The monoisotopic (exact) mass is 247 g/mol. The molecule has 2 rings (SSSR count). The molecule has 2 aliphatic carbocycles. The molecule has 2 aliphatic rings. The van der Waals surface area contributed by atoms with Gasteiger partial charge in [0.2, 0.25) is 10.0 Å². The molecule has 0 aromatic carbocycles. The van der Waals surface area contributed by atoms with Crippen molar-refractivity contribution in [2.75, 3.05) is 6.26 Å². The van der Waals surface area contributed by atoms with Crippen molar-refractivity contribution in [3.05, 3.63) is 23.7 Å². The number of nitrogens with one attached hydrogen (secondary N) is 1. The lowest BCUT2D eigenvalue weighted by Gasteiger charge is -2.19. The molecule has 0 aromatic rings. The summed E-state index contributed by atoms with van der Waals surface area (Å²) in [6.07, 6.45) is 6.17. The molecule has 0 heterocycles. The molecule has 1 fully saturated rings. The van der Waals surface area contributed by atoms with Gasteiger partial charge in [-0.15, -0.1) is 0 Å². The van der Waals surface area contributed by atoms with Gasteiger partial charge in [0.25, 0.3) is 0 Å². The summed E-state index contributed by atoms with van der Waals surface area (Å²) in [5.74, 6) is 0.0618. The van der Waals surface area contributed by atoms with Crippen LogP contribution in [0, 0.1) is 0 Å². The summed E-state index contributed by atoms with van der Waals surface area (Å²) in [6, 6.07) is -0.547. The maximum absolute atomic E-state index is 13.2. The number of sulfonamides is 1. The molecule has 90 valence electrons. The van der Waals surface area contributed by atoms with Crippen LogP contribution in [0.2, 0.25) is 0 Å². The fourth-order valence-corrected chi connectivity index (χ4v) is 2.26. The van der Waals surface area contributed by atoms with E-state index in [-0.39, 0.29) is 6.10 Å². The number of rotatable bonds is 4. The van der Waals surface area contributed by atoms with Gasteiger partial charge in [-0.25, -0.2) is 17.5 Å². The van der Waals surface area contributed by atoms with E-state index in [0.29, 0.717) is 12.2 Å². The van der Waals surface area contributed by atoms with Crippen molar-refractivity contribution in [3.8, 4) is 0 Å². The van der Waals surface area contributed by atoms with Gasteiger partial charge in [-0.3, -0.25) is 0 Å². The molecule has 1 N–H and O–H groups in total. The molecule has 0 aromatic heterocycles. The minimum absolute atomic E-state index is 0.191. The van der Waals surface area contributed by atoms with Crippen molar-refractivity contribution in [1.82, 2.24) is 4.72 Å². The smallest absolute Gasteiger partial charge is 0.209 e. The zero-order chi connectivity index (χ0) is 11.8. The van der Waals surface area contributed by atoms with E-state index in [0.717, 1.165) is 19.1 Å². The van der Waals surface area contributed by atoms with Gasteiger partial charge in [0.15, 0.2) is 0 Å². The van der Waals surface area contributed by atoms with Gasteiger partial charge in [0.1, 0.15) is 11.6 Å². The van der Waals surface area contributed by atoms with Gasteiger partial charge >= 0.3 is 0 Å². The fraction of sp³-hybridized carbons (Fsp3) is 0.600. The van der Waals surface area contributed by atoms with Crippen molar-refractivity contribution < 1.29 is 17.5 Å². The molecule has 1 unspecified atom stereocenters. The topological polar surface area (TPSA) is 55.4 Å². The molecule has 1 saturated carbocycles. The van der Waals surface area contributed by atoms with Crippen LogP contribution >= 0.6 is 0 Å². The van der Waals surface area contributed by atoms with E-state index in [1.807, 2.05) is 0 Å². The van der Waals surface area contributed by atoms with E-state index >= 15 is 0 Å². The summed E-state index contributed by atoms with van der Waals surface area (Å²) in [5, 5.41) is 0. The molecule has 16 heavy (non-hydrogen) atoms. The van der Waals surface area contributed by atoms with Crippen molar-refractivity contribution >= 4 is 10.0 Å². The second-order valence-electron chi connectivity index (χ2n) is 4.18. The average Bonchev–Trinajstić information content (AvgIpc) is 2.82. The number of allylic oxidation sites excluding steroid dienone is 2. The summed E-state index contributed by atoms with van der Waals surface area (Å²) >= 11 is 0. The minimum atomic E-state index is -3.33. The summed E-state index contributed by atoms with van der Waals surface area (Å²) < 4.78 is 43.1. The van der Waals surface area contributed by atoms with Crippen molar-refractivity contribution in [3.63, 3.8) is 0 Å². The zero-order valence-corrected chi connectivity index (χ0v) is 9.76. The normalized spacial score (nSPS) is 26.0. The second kappa shape index (κ2) is 4.18. The quantitative estimate of drug-likeness (QED) is 0.812. The molecular weight excluding hydrogens is 233 g/mol. The van der Waals surface area contributed by atoms with E-state index in [9.17, 15) is 12.8 Å². The third kappa shape index (κ3) is 3.61. The van der Waals surface area contributed by atoms with E-state index in [4.69, 9.17) is 4.74 Å². The first-order valence-corrected chi connectivity index (χ1v) is 7.03. The summed E-state index contributed by atoms with van der Waals surface area (Å²) in [7, 11) is -3.33. The molecule has 0 saturated heterocycles. The average molecular weight is 247 g/mol. The standard InChI is InChI=1S/C10H14FNO3S/c1-16(13,14)12-8-4-7(11)5-10(6-8)15-9-2-3-9/h4-5,8-9,12H,2-3,6H2,1H3. The third-order valence-electron chi connectivity index (χ3n) is 2.29. The highest BCUT2D eigenvalue weighted by Crippen LogP contribution is 2.30. The Balaban J connectivity index is 2.00. The molecular formula is C10H14FNO3S. The molecule has 0 radical (unpaired) electrons. The first-order chi connectivity index (χ1) is 7.42. The molecule has 1 atom stereocenters. The van der Waals surface area contributed by atoms with Crippen molar-refractivity contribution in [2.45, 2.75) is 31.4 Å². The molecule has 4 nitrogen and oxygen atoms in total. The van der Waals surface area contributed by atoms with Crippen LogP contribution in [0.15, 0.2) is 23.7 Å². The molecule has 0 bridgehead atoms. The SMILES string of the molecule is CS(=O)(=O)NC1C=C(F)C=C(OC2CC2)C1. The van der Waals surface area contributed by atoms with Gasteiger partial charge in [0, 0.05) is 18.5 Å². The molecule has 6 heteroatoms. The van der Waals surface area contributed by atoms with Gasteiger partial charge < -0.3 is 4.74 Å². The lowest BCUT2D eigenvalue weighted by atomic mass is 10.1. The fourth-order valence-electron chi connectivity index (χ4n) is 1.56. The number of halogens is 1. The Labute approximate surface area is 94.2 Å². The van der Waals surface area contributed by atoms with Crippen LogP contribution in [0.5, 0.6) is 0 Å². The minimum Gasteiger partial charge on any atom is -0.495 e. The Bertz CT molecular complexity index is 437.